The molecule has 114 valence electrons. The van der Waals surface area contributed by atoms with Crippen molar-refractivity contribution in [2.24, 2.45) is 7.05 Å². The first-order valence-electron chi connectivity index (χ1n) is 7.82. The summed E-state index contributed by atoms with van der Waals surface area (Å²) in [5.41, 5.74) is 2.23. The van der Waals surface area contributed by atoms with Crippen LogP contribution in [0, 0.1) is 0 Å². The van der Waals surface area contributed by atoms with Gasteiger partial charge in [-0.3, -0.25) is 4.68 Å². The molecule has 4 heteroatoms. The molecule has 0 spiro atoms. The number of nitrogens with one attached hydrogen (secondary N) is 1. The van der Waals surface area contributed by atoms with E-state index < -0.39 is 0 Å². The largest absolute Gasteiger partial charge is 0.394 e. The Morgan fingerprint density at radius 2 is 2.00 bits per heavy atom. The zero-order chi connectivity index (χ0) is 14.8. The number of aliphatic hydroxyl groups excluding tert-OH is 1. The Kier molecular flexibility index (Phi) is 4.86. The monoisotopic (exact) mass is 279 g/mol. The van der Waals surface area contributed by atoms with Gasteiger partial charge in [-0.25, -0.2) is 0 Å². The van der Waals surface area contributed by atoms with Gasteiger partial charge >= 0.3 is 0 Å². The molecule has 20 heavy (non-hydrogen) atoms. The number of hydrogen-bond donors (Lipinski definition) is 2. The maximum absolute atomic E-state index is 9.81. The number of rotatable bonds is 4. The molecule has 1 aromatic rings. The minimum Gasteiger partial charge on any atom is -0.394 e. The van der Waals surface area contributed by atoms with Crippen LogP contribution in [0.1, 0.15) is 70.2 Å². The first-order valence-corrected chi connectivity index (χ1v) is 7.82. The summed E-state index contributed by atoms with van der Waals surface area (Å²) in [7, 11) is 1.95. The number of aryl methyl sites for hydroxylation is 1. The Morgan fingerprint density at radius 1 is 1.35 bits per heavy atom. The Labute approximate surface area is 122 Å². The molecule has 4 nitrogen and oxygen atoms in total. The lowest BCUT2D eigenvalue weighted by Crippen LogP contribution is -2.37. The zero-order valence-corrected chi connectivity index (χ0v) is 13.3. The van der Waals surface area contributed by atoms with Crippen LogP contribution in [0.2, 0.25) is 0 Å². The third-order valence-corrected chi connectivity index (χ3v) is 4.17. The molecule has 1 aromatic heterocycles. The van der Waals surface area contributed by atoms with Crippen molar-refractivity contribution in [2.75, 3.05) is 6.61 Å². The lowest BCUT2D eigenvalue weighted by molar-refractivity contribution is 0.219. The van der Waals surface area contributed by atoms with Crippen molar-refractivity contribution < 1.29 is 5.11 Å². The minimum absolute atomic E-state index is 0.000949. The second-order valence-corrected chi connectivity index (χ2v) is 7.09. The van der Waals surface area contributed by atoms with Gasteiger partial charge in [-0.1, -0.05) is 40.0 Å². The van der Waals surface area contributed by atoms with E-state index in [4.69, 9.17) is 0 Å². The van der Waals surface area contributed by atoms with E-state index in [9.17, 15) is 5.11 Å². The van der Waals surface area contributed by atoms with Crippen LogP contribution in [-0.2, 0) is 12.5 Å². The second-order valence-electron chi connectivity index (χ2n) is 7.09. The van der Waals surface area contributed by atoms with E-state index in [2.05, 4.69) is 37.4 Å². The van der Waals surface area contributed by atoms with Crippen LogP contribution in [-0.4, -0.2) is 27.5 Å². The first-order chi connectivity index (χ1) is 9.41. The smallest absolute Gasteiger partial charge is 0.0726 e. The van der Waals surface area contributed by atoms with E-state index in [0.717, 1.165) is 11.3 Å². The fourth-order valence-corrected chi connectivity index (χ4v) is 3.14. The molecule has 1 fully saturated rings. The fourth-order valence-electron chi connectivity index (χ4n) is 3.14. The van der Waals surface area contributed by atoms with Gasteiger partial charge in [0.25, 0.3) is 0 Å². The highest BCUT2D eigenvalue weighted by atomic mass is 16.3. The Bertz CT molecular complexity index is 427. The summed E-state index contributed by atoms with van der Waals surface area (Å²) >= 11 is 0. The molecule has 2 rings (SSSR count). The van der Waals surface area contributed by atoms with Gasteiger partial charge < -0.3 is 10.4 Å². The van der Waals surface area contributed by atoms with Gasteiger partial charge in [0.2, 0.25) is 0 Å². The van der Waals surface area contributed by atoms with Crippen molar-refractivity contribution in [1.82, 2.24) is 15.1 Å². The molecule has 1 unspecified atom stereocenters. The molecule has 1 aliphatic rings. The van der Waals surface area contributed by atoms with Crippen LogP contribution < -0.4 is 5.32 Å². The first kappa shape index (κ1) is 15.5. The SMILES string of the molecule is Cn1cc(C(CO)NC2CCCCC2)c(C(C)(C)C)n1. The molecular weight excluding hydrogens is 250 g/mol. The van der Waals surface area contributed by atoms with E-state index in [-0.39, 0.29) is 18.1 Å². The van der Waals surface area contributed by atoms with Gasteiger partial charge in [0.05, 0.1) is 18.3 Å². The van der Waals surface area contributed by atoms with Gasteiger partial charge in [0.1, 0.15) is 0 Å². The average molecular weight is 279 g/mol. The van der Waals surface area contributed by atoms with Crippen molar-refractivity contribution in [1.29, 1.82) is 0 Å². The maximum Gasteiger partial charge on any atom is 0.0726 e. The summed E-state index contributed by atoms with van der Waals surface area (Å²) in [6, 6.07) is 0.537. The normalized spacial score (nSPS) is 19.2. The van der Waals surface area contributed by atoms with Crippen molar-refractivity contribution in [3.8, 4) is 0 Å². The lowest BCUT2D eigenvalue weighted by Gasteiger charge is -2.29. The van der Waals surface area contributed by atoms with Gasteiger partial charge in [-0.2, -0.15) is 5.10 Å². The molecular formula is C16H29N3O. The van der Waals surface area contributed by atoms with E-state index >= 15 is 0 Å². The van der Waals surface area contributed by atoms with Crippen molar-refractivity contribution in [2.45, 2.75) is 70.4 Å². The van der Waals surface area contributed by atoms with E-state index in [1.807, 2.05) is 11.7 Å². The molecule has 0 radical (unpaired) electrons. The standard InChI is InChI=1S/C16H29N3O/c1-16(2,3)15-13(10-19(4)18-15)14(11-20)17-12-8-6-5-7-9-12/h10,12,14,17,20H,5-9,11H2,1-4H3. The number of aliphatic hydroxyl groups is 1. The van der Waals surface area contributed by atoms with Crippen LogP contribution in [0.3, 0.4) is 0 Å². The highest BCUT2D eigenvalue weighted by Gasteiger charge is 2.27. The lowest BCUT2D eigenvalue weighted by atomic mass is 9.87. The fraction of sp³-hybridized carbons (Fsp3) is 0.812. The molecule has 0 amide bonds. The molecule has 1 heterocycles. The summed E-state index contributed by atoms with van der Waals surface area (Å²) in [6.07, 6.45) is 8.45. The number of nitrogens with zero attached hydrogens (tertiary/aromatic N) is 2. The second kappa shape index (κ2) is 6.27. The van der Waals surface area contributed by atoms with Crippen molar-refractivity contribution in [3.05, 3.63) is 17.5 Å². The minimum atomic E-state index is -0.00173. The molecule has 0 aliphatic heterocycles. The van der Waals surface area contributed by atoms with Crippen LogP contribution >= 0.6 is 0 Å². The number of aromatic nitrogens is 2. The van der Waals surface area contributed by atoms with Crippen LogP contribution in [0.25, 0.3) is 0 Å². The Morgan fingerprint density at radius 3 is 2.55 bits per heavy atom. The average Bonchev–Trinajstić information content (AvgIpc) is 2.79. The van der Waals surface area contributed by atoms with E-state index in [0.29, 0.717) is 6.04 Å². The summed E-state index contributed by atoms with van der Waals surface area (Å²) in [4.78, 5) is 0. The Hall–Kier alpha value is -0.870. The van der Waals surface area contributed by atoms with Gasteiger partial charge in [0.15, 0.2) is 0 Å². The van der Waals surface area contributed by atoms with Gasteiger partial charge in [-0.15, -0.1) is 0 Å². The van der Waals surface area contributed by atoms with Gasteiger partial charge in [0, 0.05) is 30.3 Å². The maximum atomic E-state index is 9.81. The highest BCUT2D eigenvalue weighted by molar-refractivity contribution is 5.27. The van der Waals surface area contributed by atoms with Crippen LogP contribution in [0.15, 0.2) is 6.20 Å². The van der Waals surface area contributed by atoms with Crippen LogP contribution in [0.4, 0.5) is 0 Å². The molecule has 1 atom stereocenters. The highest BCUT2D eigenvalue weighted by Crippen LogP contribution is 2.29. The zero-order valence-electron chi connectivity index (χ0n) is 13.3. The molecule has 2 N–H and O–H groups in total. The van der Waals surface area contributed by atoms with E-state index in [1.54, 1.807) is 0 Å². The van der Waals surface area contributed by atoms with Crippen molar-refractivity contribution in [3.63, 3.8) is 0 Å². The predicted molar refractivity (Wildman–Crippen MR) is 81.7 cm³/mol. The predicted octanol–water partition coefficient (Wildman–Crippen LogP) is 2.67. The summed E-state index contributed by atoms with van der Waals surface area (Å²) in [5.74, 6) is 0. The quantitative estimate of drug-likeness (QED) is 0.891. The molecule has 0 bridgehead atoms. The summed E-state index contributed by atoms with van der Waals surface area (Å²) in [6.45, 7) is 6.65. The third kappa shape index (κ3) is 3.61. The number of hydrogen-bond acceptors (Lipinski definition) is 3. The van der Waals surface area contributed by atoms with Crippen LogP contribution in [0.5, 0.6) is 0 Å². The topological polar surface area (TPSA) is 50.1 Å². The summed E-state index contributed by atoms with van der Waals surface area (Å²) in [5, 5.41) is 18.1. The van der Waals surface area contributed by atoms with Gasteiger partial charge in [-0.05, 0) is 12.8 Å². The summed E-state index contributed by atoms with van der Waals surface area (Å²) < 4.78 is 1.86. The molecule has 1 saturated carbocycles. The molecule has 1 aliphatic carbocycles. The van der Waals surface area contributed by atoms with E-state index in [1.165, 1.54) is 32.1 Å². The Balaban J connectivity index is 2.18. The van der Waals surface area contributed by atoms with Crippen molar-refractivity contribution >= 4 is 0 Å². The molecule has 0 saturated heterocycles. The molecule has 0 aromatic carbocycles. The third-order valence-electron chi connectivity index (χ3n) is 4.17.